The van der Waals surface area contributed by atoms with E-state index >= 15 is 0 Å². The van der Waals surface area contributed by atoms with Gasteiger partial charge in [0.15, 0.2) is 15.0 Å². The van der Waals surface area contributed by atoms with E-state index in [-0.39, 0.29) is 28.9 Å². The lowest BCUT2D eigenvalue weighted by molar-refractivity contribution is -0.113. The summed E-state index contributed by atoms with van der Waals surface area (Å²) < 4.78 is 39.6. The monoisotopic (exact) mass is 525 g/mol. The lowest BCUT2D eigenvalue weighted by atomic mass is 10.1. The number of hydrogen-bond donors (Lipinski definition) is 1. The fraction of sp³-hybridized carbons (Fsp3) is 0.333. The number of carbonyl (C=O) groups is 1. The molecule has 2 aliphatic rings. The van der Waals surface area contributed by atoms with Crippen molar-refractivity contribution in [1.82, 2.24) is 0 Å². The summed E-state index contributed by atoms with van der Waals surface area (Å²) in [4.78, 5) is 18.7. The standard InChI is InChI=1S/C21H21BrFN3O3S2/c1-12-3-5-16(13(2)7-12)24-20(27)9-30-21-25-17-10-31(28,29)11-19(17)26(21)18-6-4-14(22)8-15(18)23/h3-8,17,19H,9-11H2,1-2H3,(H,24,27)/t17-,19-/m1/s1. The Bertz CT molecular complexity index is 1190. The number of thioether (sulfide) groups is 1. The molecular weight excluding hydrogens is 505 g/mol. The summed E-state index contributed by atoms with van der Waals surface area (Å²) in [5.74, 6) is -0.763. The zero-order chi connectivity index (χ0) is 22.3. The second-order valence-corrected chi connectivity index (χ2v) is 11.8. The third-order valence-electron chi connectivity index (χ3n) is 5.27. The van der Waals surface area contributed by atoms with Crippen molar-refractivity contribution in [2.75, 3.05) is 27.5 Å². The minimum Gasteiger partial charge on any atom is -0.325 e. The number of fused-ring (bicyclic) bond motifs is 1. The summed E-state index contributed by atoms with van der Waals surface area (Å²) in [5, 5.41) is 3.35. The van der Waals surface area contributed by atoms with Crippen molar-refractivity contribution >= 4 is 60.0 Å². The van der Waals surface area contributed by atoms with Gasteiger partial charge in [0.1, 0.15) is 5.82 Å². The van der Waals surface area contributed by atoms with E-state index in [0.717, 1.165) is 16.8 Å². The number of nitrogens with zero attached hydrogens (tertiary/aromatic N) is 2. The molecule has 164 valence electrons. The van der Waals surface area contributed by atoms with Crippen LogP contribution < -0.4 is 10.2 Å². The predicted molar refractivity (Wildman–Crippen MR) is 127 cm³/mol. The Morgan fingerprint density at radius 2 is 2.03 bits per heavy atom. The van der Waals surface area contributed by atoms with Crippen LogP contribution in [0.3, 0.4) is 0 Å². The van der Waals surface area contributed by atoms with E-state index in [9.17, 15) is 17.6 Å². The van der Waals surface area contributed by atoms with Gasteiger partial charge in [-0.1, -0.05) is 45.4 Å². The number of sulfone groups is 1. The van der Waals surface area contributed by atoms with Crippen molar-refractivity contribution in [2.45, 2.75) is 25.9 Å². The first-order valence-corrected chi connectivity index (χ1v) is 13.3. The van der Waals surface area contributed by atoms with Gasteiger partial charge in [0.2, 0.25) is 5.91 Å². The molecule has 1 N–H and O–H groups in total. The van der Waals surface area contributed by atoms with Crippen LogP contribution in [0.1, 0.15) is 11.1 Å². The second kappa shape index (κ2) is 8.55. The molecule has 0 unspecified atom stereocenters. The Morgan fingerprint density at radius 3 is 2.74 bits per heavy atom. The highest BCUT2D eigenvalue weighted by molar-refractivity contribution is 9.10. The summed E-state index contributed by atoms with van der Waals surface area (Å²) in [7, 11) is -3.24. The van der Waals surface area contributed by atoms with E-state index in [1.165, 1.54) is 17.8 Å². The topological polar surface area (TPSA) is 78.8 Å². The van der Waals surface area contributed by atoms with Crippen LogP contribution in [-0.2, 0) is 14.6 Å². The number of aliphatic imine (C=N–C) groups is 1. The highest BCUT2D eigenvalue weighted by Crippen LogP contribution is 2.37. The van der Waals surface area contributed by atoms with E-state index in [4.69, 9.17) is 0 Å². The average molecular weight is 526 g/mol. The number of aryl methyl sites for hydroxylation is 2. The second-order valence-electron chi connectivity index (χ2n) is 7.74. The third-order valence-corrected chi connectivity index (χ3v) is 8.42. The van der Waals surface area contributed by atoms with Crippen molar-refractivity contribution in [3.63, 3.8) is 0 Å². The molecule has 2 aromatic rings. The third kappa shape index (κ3) is 4.80. The SMILES string of the molecule is Cc1ccc(NC(=O)CSC2=N[C@@H]3CS(=O)(=O)C[C@H]3N2c2ccc(Br)cc2F)c(C)c1. The predicted octanol–water partition coefficient (Wildman–Crippen LogP) is 3.92. The van der Waals surface area contributed by atoms with Gasteiger partial charge in [-0.05, 0) is 43.7 Å². The molecule has 2 aliphatic heterocycles. The van der Waals surface area contributed by atoms with Gasteiger partial charge in [0.25, 0.3) is 0 Å². The van der Waals surface area contributed by atoms with E-state index < -0.39 is 27.7 Å². The minimum atomic E-state index is -3.24. The first kappa shape index (κ1) is 22.3. The first-order valence-electron chi connectivity index (χ1n) is 9.65. The normalized spacial score (nSPS) is 21.7. The fourth-order valence-electron chi connectivity index (χ4n) is 3.86. The zero-order valence-corrected chi connectivity index (χ0v) is 20.2. The molecule has 2 atom stereocenters. The van der Waals surface area contributed by atoms with Crippen molar-refractivity contribution < 1.29 is 17.6 Å². The Morgan fingerprint density at radius 1 is 1.26 bits per heavy atom. The van der Waals surface area contributed by atoms with Crippen molar-refractivity contribution in [2.24, 2.45) is 4.99 Å². The average Bonchev–Trinajstić information content (AvgIpc) is 3.14. The Balaban J connectivity index is 1.53. The van der Waals surface area contributed by atoms with Crippen LogP contribution in [0.2, 0.25) is 0 Å². The fourth-order valence-corrected chi connectivity index (χ4v) is 6.95. The number of anilines is 2. The molecule has 0 aromatic heterocycles. The molecule has 2 aromatic carbocycles. The quantitative estimate of drug-likeness (QED) is 0.654. The summed E-state index contributed by atoms with van der Waals surface area (Å²) in [6, 6.07) is 9.48. The maximum atomic E-state index is 14.7. The molecule has 6 nitrogen and oxygen atoms in total. The lowest BCUT2D eigenvalue weighted by Gasteiger charge is -2.26. The number of benzene rings is 2. The minimum absolute atomic E-state index is 0.0644. The Kier molecular flexibility index (Phi) is 6.15. The van der Waals surface area contributed by atoms with Crippen LogP contribution in [0.15, 0.2) is 45.9 Å². The number of halogens is 2. The largest absolute Gasteiger partial charge is 0.325 e. The van der Waals surface area contributed by atoms with Crippen LogP contribution >= 0.6 is 27.7 Å². The summed E-state index contributed by atoms with van der Waals surface area (Å²) in [6.45, 7) is 3.91. The van der Waals surface area contributed by atoms with E-state index in [1.54, 1.807) is 17.0 Å². The molecule has 10 heteroatoms. The maximum absolute atomic E-state index is 14.7. The van der Waals surface area contributed by atoms with Gasteiger partial charge < -0.3 is 10.2 Å². The van der Waals surface area contributed by atoms with Gasteiger partial charge in [-0.25, -0.2) is 12.8 Å². The van der Waals surface area contributed by atoms with Gasteiger partial charge in [-0.15, -0.1) is 0 Å². The van der Waals surface area contributed by atoms with Gasteiger partial charge in [0, 0.05) is 10.2 Å². The van der Waals surface area contributed by atoms with Crippen LogP contribution in [-0.4, -0.2) is 48.8 Å². The zero-order valence-electron chi connectivity index (χ0n) is 16.9. The summed E-state index contributed by atoms with van der Waals surface area (Å²) in [6.07, 6.45) is 0. The highest BCUT2D eigenvalue weighted by Gasteiger charge is 2.47. The van der Waals surface area contributed by atoms with Crippen molar-refractivity contribution in [3.8, 4) is 0 Å². The molecular formula is C21H21BrFN3O3S2. The van der Waals surface area contributed by atoms with Crippen molar-refractivity contribution in [3.05, 3.63) is 57.8 Å². The number of nitrogens with one attached hydrogen (secondary N) is 1. The van der Waals surface area contributed by atoms with Crippen LogP contribution in [0, 0.1) is 19.7 Å². The van der Waals surface area contributed by atoms with Gasteiger partial charge in [-0.2, -0.15) is 0 Å². The van der Waals surface area contributed by atoms with Crippen LogP contribution in [0.5, 0.6) is 0 Å². The number of amides is 1. The molecule has 0 radical (unpaired) electrons. The molecule has 4 rings (SSSR count). The smallest absolute Gasteiger partial charge is 0.234 e. The molecule has 0 bridgehead atoms. The maximum Gasteiger partial charge on any atom is 0.234 e. The number of carbonyl (C=O) groups excluding carboxylic acids is 1. The van der Waals surface area contributed by atoms with Gasteiger partial charge in [0.05, 0.1) is 35.0 Å². The Labute approximate surface area is 193 Å². The highest BCUT2D eigenvalue weighted by atomic mass is 79.9. The van der Waals surface area contributed by atoms with Crippen molar-refractivity contribution in [1.29, 1.82) is 0 Å². The van der Waals surface area contributed by atoms with Gasteiger partial charge in [-0.3, -0.25) is 9.79 Å². The van der Waals surface area contributed by atoms with E-state index in [1.807, 2.05) is 32.0 Å². The number of amidine groups is 1. The molecule has 2 heterocycles. The van der Waals surface area contributed by atoms with Gasteiger partial charge >= 0.3 is 0 Å². The molecule has 0 spiro atoms. The van der Waals surface area contributed by atoms with Crippen LogP contribution in [0.4, 0.5) is 15.8 Å². The Hall–Kier alpha value is -1.91. The number of rotatable bonds is 4. The van der Waals surface area contributed by atoms with Crippen LogP contribution in [0.25, 0.3) is 0 Å². The van der Waals surface area contributed by atoms with E-state index in [2.05, 4.69) is 26.2 Å². The molecule has 0 aliphatic carbocycles. The molecule has 0 saturated carbocycles. The molecule has 1 fully saturated rings. The summed E-state index contributed by atoms with van der Waals surface area (Å²) >= 11 is 4.43. The molecule has 1 amide bonds. The molecule has 31 heavy (non-hydrogen) atoms. The molecule has 1 saturated heterocycles. The number of hydrogen-bond acceptors (Lipinski definition) is 6. The van der Waals surface area contributed by atoms with E-state index in [0.29, 0.717) is 9.64 Å². The lowest BCUT2D eigenvalue weighted by Crippen LogP contribution is -2.40. The first-order chi connectivity index (χ1) is 14.6. The summed E-state index contributed by atoms with van der Waals surface area (Å²) in [5.41, 5.74) is 3.07.